The van der Waals surface area contributed by atoms with Crippen LogP contribution in [0.3, 0.4) is 0 Å². The maximum Gasteiger partial charge on any atom is 0.230 e. The van der Waals surface area contributed by atoms with Gasteiger partial charge in [-0.05, 0) is 32.9 Å². The van der Waals surface area contributed by atoms with Gasteiger partial charge in [0.15, 0.2) is 5.82 Å². The predicted octanol–water partition coefficient (Wildman–Crippen LogP) is -0.138. The lowest BCUT2D eigenvalue weighted by Gasteiger charge is -2.22. The van der Waals surface area contributed by atoms with Crippen LogP contribution in [0.15, 0.2) is 0 Å². The molecule has 2 heterocycles. The number of aromatic nitrogens is 4. The molecule has 1 amide bonds. The molecule has 1 atom stereocenters. The molecular weight excluding hydrogens is 252 g/mol. The van der Waals surface area contributed by atoms with Crippen molar-refractivity contribution in [2.24, 2.45) is 0 Å². The third-order valence-corrected chi connectivity index (χ3v) is 4.23. The summed E-state index contributed by atoms with van der Waals surface area (Å²) >= 11 is 1.73. The molecule has 0 aromatic carbocycles. The predicted molar refractivity (Wildman–Crippen MR) is 69.1 cm³/mol. The SMILES string of the molecule is CC(NC(=O)CSC1CCNCC1)c1nn[nH]n1. The van der Waals surface area contributed by atoms with Gasteiger partial charge in [0.2, 0.25) is 5.91 Å². The Morgan fingerprint density at radius 2 is 2.33 bits per heavy atom. The number of thioether (sulfide) groups is 1. The first-order valence-corrected chi connectivity index (χ1v) is 7.15. The van der Waals surface area contributed by atoms with E-state index in [0.29, 0.717) is 16.8 Å². The van der Waals surface area contributed by atoms with Gasteiger partial charge >= 0.3 is 0 Å². The Labute approximate surface area is 110 Å². The molecule has 2 rings (SSSR count). The van der Waals surface area contributed by atoms with E-state index in [1.54, 1.807) is 11.8 Å². The molecule has 0 saturated carbocycles. The fourth-order valence-electron chi connectivity index (χ4n) is 1.86. The van der Waals surface area contributed by atoms with Crippen LogP contribution in [0.4, 0.5) is 0 Å². The number of aromatic amines is 1. The molecule has 7 nitrogen and oxygen atoms in total. The van der Waals surface area contributed by atoms with Gasteiger partial charge in [0, 0.05) is 5.25 Å². The zero-order chi connectivity index (χ0) is 12.8. The number of nitrogens with zero attached hydrogens (tertiary/aromatic N) is 3. The summed E-state index contributed by atoms with van der Waals surface area (Å²) in [5.74, 6) is 1.03. The first-order valence-electron chi connectivity index (χ1n) is 6.10. The maximum absolute atomic E-state index is 11.8. The van der Waals surface area contributed by atoms with Crippen molar-refractivity contribution in [3.8, 4) is 0 Å². The summed E-state index contributed by atoms with van der Waals surface area (Å²) in [5, 5.41) is 20.3. The summed E-state index contributed by atoms with van der Waals surface area (Å²) in [6, 6.07) is -0.204. The molecule has 1 fully saturated rings. The number of hydrogen-bond donors (Lipinski definition) is 3. The fourth-order valence-corrected chi connectivity index (χ4v) is 2.90. The van der Waals surface area contributed by atoms with Crippen molar-refractivity contribution in [3.05, 3.63) is 5.82 Å². The molecule has 18 heavy (non-hydrogen) atoms. The summed E-state index contributed by atoms with van der Waals surface area (Å²) < 4.78 is 0. The largest absolute Gasteiger partial charge is 0.345 e. The molecule has 1 aromatic heterocycles. The van der Waals surface area contributed by atoms with Crippen LogP contribution in [0, 0.1) is 0 Å². The van der Waals surface area contributed by atoms with E-state index in [9.17, 15) is 4.79 Å². The Morgan fingerprint density at radius 1 is 1.56 bits per heavy atom. The molecule has 1 unspecified atom stereocenters. The molecule has 0 spiro atoms. The van der Waals surface area contributed by atoms with E-state index in [1.807, 2.05) is 6.92 Å². The van der Waals surface area contributed by atoms with Gasteiger partial charge < -0.3 is 10.6 Å². The zero-order valence-electron chi connectivity index (χ0n) is 10.3. The fraction of sp³-hybridized carbons (Fsp3) is 0.800. The van der Waals surface area contributed by atoms with Crippen molar-refractivity contribution >= 4 is 17.7 Å². The normalized spacial score (nSPS) is 18.5. The van der Waals surface area contributed by atoms with Crippen LogP contribution in [0.5, 0.6) is 0 Å². The van der Waals surface area contributed by atoms with Crippen LogP contribution in [0.25, 0.3) is 0 Å². The van der Waals surface area contributed by atoms with Crippen LogP contribution >= 0.6 is 11.8 Å². The summed E-state index contributed by atoms with van der Waals surface area (Å²) in [6.45, 7) is 3.95. The van der Waals surface area contributed by atoms with Gasteiger partial charge in [-0.2, -0.15) is 5.21 Å². The second-order valence-electron chi connectivity index (χ2n) is 4.32. The smallest absolute Gasteiger partial charge is 0.230 e. The second-order valence-corrected chi connectivity index (χ2v) is 5.61. The van der Waals surface area contributed by atoms with Crippen LogP contribution in [0.2, 0.25) is 0 Å². The molecule has 1 aliphatic rings. The number of piperidine rings is 1. The van der Waals surface area contributed by atoms with Gasteiger partial charge in [0.25, 0.3) is 0 Å². The maximum atomic E-state index is 11.8. The lowest BCUT2D eigenvalue weighted by Crippen LogP contribution is -2.32. The number of carbonyl (C=O) groups excluding carboxylic acids is 1. The number of carbonyl (C=O) groups is 1. The molecule has 8 heteroatoms. The minimum atomic E-state index is -0.204. The minimum absolute atomic E-state index is 0.0239. The first kappa shape index (κ1) is 13.3. The zero-order valence-corrected chi connectivity index (χ0v) is 11.2. The third kappa shape index (κ3) is 3.95. The standard InChI is InChI=1S/C10H18N6OS/c1-7(10-13-15-16-14-10)12-9(17)6-18-8-2-4-11-5-3-8/h7-8,11H,2-6H2,1H3,(H,12,17)(H,13,14,15,16). The Balaban J connectivity index is 1.68. The van der Waals surface area contributed by atoms with Crippen molar-refractivity contribution in [3.63, 3.8) is 0 Å². The van der Waals surface area contributed by atoms with E-state index in [2.05, 4.69) is 31.3 Å². The highest BCUT2D eigenvalue weighted by atomic mass is 32.2. The molecule has 0 bridgehead atoms. The van der Waals surface area contributed by atoms with Crippen LogP contribution in [-0.2, 0) is 4.79 Å². The average Bonchev–Trinajstić information content (AvgIpc) is 2.91. The second kappa shape index (κ2) is 6.69. The summed E-state index contributed by atoms with van der Waals surface area (Å²) in [6.07, 6.45) is 2.27. The highest BCUT2D eigenvalue weighted by molar-refractivity contribution is 8.00. The van der Waals surface area contributed by atoms with E-state index in [0.717, 1.165) is 25.9 Å². The molecule has 0 radical (unpaired) electrons. The quantitative estimate of drug-likeness (QED) is 0.689. The van der Waals surface area contributed by atoms with Gasteiger partial charge in [-0.15, -0.1) is 22.0 Å². The topological polar surface area (TPSA) is 95.6 Å². The van der Waals surface area contributed by atoms with Crippen molar-refractivity contribution in [2.75, 3.05) is 18.8 Å². The van der Waals surface area contributed by atoms with Crippen molar-refractivity contribution < 1.29 is 4.79 Å². The number of amides is 1. The molecule has 100 valence electrons. The van der Waals surface area contributed by atoms with Gasteiger partial charge in [0.1, 0.15) is 0 Å². The van der Waals surface area contributed by atoms with Gasteiger partial charge in [-0.1, -0.05) is 5.21 Å². The Hall–Kier alpha value is -1.15. The highest BCUT2D eigenvalue weighted by Crippen LogP contribution is 2.19. The lowest BCUT2D eigenvalue weighted by atomic mass is 10.2. The number of hydrogen-bond acceptors (Lipinski definition) is 6. The summed E-state index contributed by atoms with van der Waals surface area (Å²) in [4.78, 5) is 11.8. The van der Waals surface area contributed by atoms with E-state index < -0.39 is 0 Å². The van der Waals surface area contributed by atoms with Crippen molar-refractivity contribution in [1.29, 1.82) is 0 Å². The third-order valence-electron chi connectivity index (χ3n) is 2.86. The Kier molecular flexibility index (Phi) is 4.94. The summed E-state index contributed by atoms with van der Waals surface area (Å²) in [7, 11) is 0. The van der Waals surface area contributed by atoms with E-state index in [1.165, 1.54) is 0 Å². The van der Waals surface area contributed by atoms with Crippen LogP contribution in [0.1, 0.15) is 31.6 Å². The minimum Gasteiger partial charge on any atom is -0.345 e. The molecular formula is C10H18N6OS. The van der Waals surface area contributed by atoms with Crippen LogP contribution in [-0.4, -0.2) is 50.6 Å². The lowest BCUT2D eigenvalue weighted by molar-refractivity contribution is -0.119. The van der Waals surface area contributed by atoms with Gasteiger partial charge in [-0.25, -0.2) is 0 Å². The number of H-pyrrole nitrogens is 1. The molecule has 0 aliphatic carbocycles. The molecule has 3 N–H and O–H groups in total. The highest BCUT2D eigenvalue weighted by Gasteiger charge is 2.17. The van der Waals surface area contributed by atoms with E-state index in [-0.39, 0.29) is 11.9 Å². The van der Waals surface area contributed by atoms with Gasteiger partial charge in [0.05, 0.1) is 11.8 Å². The Bertz CT molecular complexity index is 364. The number of nitrogens with one attached hydrogen (secondary N) is 3. The monoisotopic (exact) mass is 270 g/mol. The van der Waals surface area contributed by atoms with Crippen molar-refractivity contribution in [2.45, 2.75) is 31.1 Å². The first-order chi connectivity index (χ1) is 8.75. The molecule has 1 aromatic rings. The average molecular weight is 270 g/mol. The van der Waals surface area contributed by atoms with Crippen LogP contribution < -0.4 is 10.6 Å². The van der Waals surface area contributed by atoms with E-state index >= 15 is 0 Å². The Morgan fingerprint density at radius 3 is 3.00 bits per heavy atom. The molecule has 1 aliphatic heterocycles. The summed E-state index contributed by atoms with van der Waals surface area (Å²) in [5.41, 5.74) is 0. The number of tetrazole rings is 1. The van der Waals surface area contributed by atoms with Crippen molar-refractivity contribution in [1.82, 2.24) is 31.3 Å². The number of rotatable bonds is 5. The van der Waals surface area contributed by atoms with E-state index in [4.69, 9.17) is 0 Å². The van der Waals surface area contributed by atoms with Gasteiger partial charge in [-0.3, -0.25) is 4.79 Å². The molecule has 1 saturated heterocycles.